The highest BCUT2D eigenvalue weighted by Crippen LogP contribution is 2.30. The van der Waals surface area contributed by atoms with E-state index in [1.807, 2.05) is 24.3 Å². The molecule has 7 nitrogen and oxygen atoms in total. The average molecular weight is 324 g/mol. The summed E-state index contributed by atoms with van der Waals surface area (Å²) in [6, 6.07) is 11.1. The second-order valence-electron chi connectivity index (χ2n) is 5.01. The van der Waals surface area contributed by atoms with Crippen molar-refractivity contribution in [3.8, 4) is 0 Å². The number of amides is 1. The molecule has 7 heteroatoms. The van der Waals surface area contributed by atoms with Crippen LogP contribution in [0.2, 0.25) is 0 Å². The average Bonchev–Trinajstić information content (AvgIpc) is 3.12. The SMILES string of the molecule is [2H]c1c(C(=O)Nc2ccc3c(c2)oc2ccccc23)oc([N+](=O)[O-])c1[2H]. The van der Waals surface area contributed by atoms with Crippen LogP contribution in [0.15, 0.2) is 63.4 Å². The summed E-state index contributed by atoms with van der Waals surface area (Å²) in [5.74, 6) is -2.38. The predicted molar refractivity (Wildman–Crippen MR) is 87.0 cm³/mol. The summed E-state index contributed by atoms with van der Waals surface area (Å²) in [6.45, 7) is 0. The number of carbonyl (C=O) groups is 1. The fourth-order valence-corrected chi connectivity index (χ4v) is 2.44. The number of fused-ring (bicyclic) bond motifs is 3. The van der Waals surface area contributed by atoms with Gasteiger partial charge in [0.2, 0.25) is 0 Å². The van der Waals surface area contributed by atoms with Crippen LogP contribution in [0, 0.1) is 10.1 Å². The van der Waals surface area contributed by atoms with Crippen molar-refractivity contribution in [2.45, 2.75) is 0 Å². The quantitative estimate of drug-likeness (QED) is 0.446. The van der Waals surface area contributed by atoms with Crippen molar-refractivity contribution in [1.82, 2.24) is 0 Å². The molecule has 0 radical (unpaired) electrons. The van der Waals surface area contributed by atoms with Gasteiger partial charge in [-0.15, -0.1) is 0 Å². The van der Waals surface area contributed by atoms with Crippen LogP contribution < -0.4 is 5.32 Å². The van der Waals surface area contributed by atoms with Gasteiger partial charge in [0, 0.05) is 22.5 Å². The Hall–Kier alpha value is -3.61. The van der Waals surface area contributed by atoms with Gasteiger partial charge in [0.1, 0.15) is 16.1 Å². The molecule has 0 saturated carbocycles. The maximum absolute atomic E-state index is 12.3. The van der Waals surface area contributed by atoms with Crippen LogP contribution in [0.1, 0.15) is 13.3 Å². The standard InChI is InChI=1S/C17H10N2O5/c20-17(14-7-8-16(24-14)19(21)22)18-10-5-6-12-11-3-1-2-4-13(11)23-15(12)9-10/h1-9H,(H,18,20)/i7D,8D. The number of nitrogens with zero attached hydrogens (tertiary/aromatic N) is 1. The highest BCUT2D eigenvalue weighted by molar-refractivity contribution is 6.07. The Morgan fingerprint density at radius 2 is 1.88 bits per heavy atom. The van der Waals surface area contributed by atoms with Crippen LogP contribution in [0.4, 0.5) is 11.6 Å². The summed E-state index contributed by atoms with van der Waals surface area (Å²) < 4.78 is 25.6. The summed E-state index contributed by atoms with van der Waals surface area (Å²) >= 11 is 0. The Morgan fingerprint density at radius 3 is 2.67 bits per heavy atom. The molecule has 2 heterocycles. The monoisotopic (exact) mass is 324 g/mol. The predicted octanol–water partition coefficient (Wildman–Crippen LogP) is 4.34. The zero-order valence-corrected chi connectivity index (χ0v) is 12.0. The number of benzene rings is 2. The summed E-state index contributed by atoms with van der Waals surface area (Å²) in [5, 5.41) is 15.1. The molecule has 0 saturated heterocycles. The van der Waals surface area contributed by atoms with E-state index in [0.717, 1.165) is 10.8 Å². The zero-order chi connectivity index (χ0) is 18.4. The third-order valence-electron chi connectivity index (χ3n) is 3.49. The number of hydrogen-bond donors (Lipinski definition) is 1. The number of nitro groups is 1. The largest absolute Gasteiger partial charge is 0.456 e. The van der Waals surface area contributed by atoms with E-state index in [1.54, 1.807) is 18.2 Å². The molecule has 2 aromatic heterocycles. The van der Waals surface area contributed by atoms with E-state index in [4.69, 9.17) is 11.6 Å². The molecule has 0 spiro atoms. The van der Waals surface area contributed by atoms with Crippen LogP contribution in [0.25, 0.3) is 21.9 Å². The third kappa shape index (κ3) is 2.28. The van der Waals surface area contributed by atoms with Gasteiger partial charge in [-0.1, -0.05) is 18.2 Å². The van der Waals surface area contributed by atoms with Crippen molar-refractivity contribution in [1.29, 1.82) is 0 Å². The van der Waals surface area contributed by atoms with Crippen LogP contribution in [0.3, 0.4) is 0 Å². The second-order valence-corrected chi connectivity index (χ2v) is 5.01. The molecular formula is C17H10N2O5. The van der Waals surface area contributed by atoms with E-state index in [0.29, 0.717) is 16.9 Å². The third-order valence-corrected chi connectivity index (χ3v) is 3.49. The number of carbonyl (C=O) groups excluding carboxylic acids is 1. The number of hydrogen-bond acceptors (Lipinski definition) is 5. The lowest BCUT2D eigenvalue weighted by Gasteiger charge is -2.02. The maximum atomic E-state index is 12.3. The van der Waals surface area contributed by atoms with Crippen molar-refractivity contribution in [3.05, 3.63) is 70.4 Å². The molecule has 0 aliphatic rings. The molecule has 4 rings (SSSR count). The molecule has 1 amide bonds. The highest BCUT2D eigenvalue weighted by atomic mass is 16.6. The van der Waals surface area contributed by atoms with Crippen LogP contribution in [-0.2, 0) is 0 Å². The molecule has 0 atom stereocenters. The maximum Gasteiger partial charge on any atom is 0.433 e. The van der Waals surface area contributed by atoms with E-state index in [9.17, 15) is 14.9 Å². The van der Waals surface area contributed by atoms with Gasteiger partial charge in [-0.2, -0.15) is 0 Å². The van der Waals surface area contributed by atoms with Gasteiger partial charge in [0.25, 0.3) is 5.91 Å². The number of para-hydroxylation sites is 1. The summed E-state index contributed by atoms with van der Waals surface area (Å²) in [7, 11) is 0. The number of furan rings is 2. The van der Waals surface area contributed by atoms with Crippen molar-refractivity contribution in [3.63, 3.8) is 0 Å². The van der Waals surface area contributed by atoms with Gasteiger partial charge in [-0.25, -0.2) is 0 Å². The second kappa shape index (κ2) is 5.24. The van der Waals surface area contributed by atoms with Crippen LogP contribution in [-0.4, -0.2) is 10.8 Å². The minimum Gasteiger partial charge on any atom is -0.456 e. The Bertz CT molecular complexity index is 1190. The first-order valence-corrected chi connectivity index (χ1v) is 6.92. The number of anilines is 1. The molecule has 24 heavy (non-hydrogen) atoms. The fourth-order valence-electron chi connectivity index (χ4n) is 2.44. The molecule has 0 aliphatic heterocycles. The zero-order valence-electron chi connectivity index (χ0n) is 14.0. The number of rotatable bonds is 3. The van der Waals surface area contributed by atoms with Crippen molar-refractivity contribution in [2.24, 2.45) is 0 Å². The lowest BCUT2D eigenvalue weighted by molar-refractivity contribution is -0.402. The molecule has 4 aromatic rings. The van der Waals surface area contributed by atoms with E-state index in [2.05, 4.69) is 5.32 Å². The summed E-state index contributed by atoms with van der Waals surface area (Å²) in [5.41, 5.74) is 1.63. The first-order chi connectivity index (χ1) is 12.5. The van der Waals surface area contributed by atoms with E-state index in [1.165, 1.54) is 0 Å². The lowest BCUT2D eigenvalue weighted by Crippen LogP contribution is -2.10. The van der Waals surface area contributed by atoms with E-state index >= 15 is 0 Å². The molecule has 1 N–H and O–H groups in total. The molecule has 0 aliphatic carbocycles. The topological polar surface area (TPSA) is 98.5 Å². The Labute approximate surface area is 137 Å². The van der Waals surface area contributed by atoms with Gasteiger partial charge in [0.05, 0.1) is 8.78 Å². The Balaban J connectivity index is 1.69. The van der Waals surface area contributed by atoms with Crippen molar-refractivity contribution in [2.75, 3.05) is 5.32 Å². The van der Waals surface area contributed by atoms with E-state index < -0.39 is 34.6 Å². The van der Waals surface area contributed by atoms with Gasteiger partial charge in [-0.3, -0.25) is 14.9 Å². The first-order valence-electron chi connectivity index (χ1n) is 7.92. The molecule has 118 valence electrons. The molecule has 0 bridgehead atoms. The summed E-state index contributed by atoms with van der Waals surface area (Å²) in [6.07, 6.45) is 0. The smallest absolute Gasteiger partial charge is 0.433 e. The minimum absolute atomic E-state index is 0.367. The van der Waals surface area contributed by atoms with Crippen molar-refractivity contribution >= 4 is 39.4 Å². The Kier molecular flexibility index (Phi) is 2.59. The van der Waals surface area contributed by atoms with Gasteiger partial charge in [-0.05, 0) is 24.2 Å². The molecule has 2 aromatic carbocycles. The van der Waals surface area contributed by atoms with Gasteiger partial charge >= 0.3 is 5.88 Å². The first kappa shape index (κ1) is 11.9. The van der Waals surface area contributed by atoms with Crippen molar-refractivity contribution < 1.29 is 21.3 Å². The molecule has 0 unspecified atom stereocenters. The summed E-state index contributed by atoms with van der Waals surface area (Å²) in [4.78, 5) is 22.1. The van der Waals surface area contributed by atoms with Gasteiger partial charge < -0.3 is 14.2 Å². The minimum atomic E-state index is -0.947. The molecule has 0 fully saturated rings. The fraction of sp³-hybridized carbons (Fsp3) is 0. The van der Waals surface area contributed by atoms with Crippen LogP contribution in [0.5, 0.6) is 0 Å². The number of nitrogens with one attached hydrogen (secondary N) is 1. The van der Waals surface area contributed by atoms with Crippen LogP contribution >= 0.6 is 0 Å². The highest BCUT2D eigenvalue weighted by Gasteiger charge is 2.17. The Morgan fingerprint density at radius 1 is 1.08 bits per heavy atom. The molecular weight excluding hydrogens is 312 g/mol. The van der Waals surface area contributed by atoms with E-state index in [-0.39, 0.29) is 0 Å². The normalized spacial score (nSPS) is 12.2. The van der Waals surface area contributed by atoms with Gasteiger partial charge in [0.15, 0.2) is 5.76 Å². The lowest BCUT2D eigenvalue weighted by atomic mass is 10.1.